The van der Waals surface area contributed by atoms with Crippen molar-refractivity contribution in [3.63, 3.8) is 0 Å². The molecule has 0 unspecified atom stereocenters. The van der Waals surface area contributed by atoms with E-state index in [1.54, 1.807) is 0 Å². The average Bonchev–Trinajstić information content (AvgIpc) is 2.60. The number of nitrogens with zero attached hydrogens (tertiary/aromatic N) is 1. The van der Waals surface area contributed by atoms with Gasteiger partial charge in [-0.1, -0.05) is 12.8 Å². The number of aromatic amines is 1. The zero-order chi connectivity index (χ0) is 19.8. The summed E-state index contributed by atoms with van der Waals surface area (Å²) in [6, 6.07) is 3.40. The number of aromatic nitrogens is 1. The molecule has 1 heterocycles. The number of amides is 1. The first kappa shape index (κ1) is 18.9. The number of alkyl halides is 3. The van der Waals surface area contributed by atoms with E-state index >= 15 is 0 Å². The lowest BCUT2D eigenvalue weighted by Gasteiger charge is -2.33. The summed E-state index contributed by atoms with van der Waals surface area (Å²) in [7, 11) is 0. The Morgan fingerprint density at radius 2 is 1.93 bits per heavy atom. The second kappa shape index (κ2) is 7.01. The van der Waals surface area contributed by atoms with Gasteiger partial charge in [0, 0.05) is 35.1 Å². The van der Waals surface area contributed by atoms with E-state index < -0.39 is 34.5 Å². The van der Waals surface area contributed by atoms with E-state index in [-0.39, 0.29) is 35.0 Å². The molecule has 0 spiro atoms. The monoisotopic (exact) mass is 383 g/mol. The lowest BCUT2D eigenvalue weighted by Crippen LogP contribution is -2.47. The molecule has 1 aromatic carbocycles. The summed E-state index contributed by atoms with van der Waals surface area (Å²) in [6.07, 6.45) is -3.35. The predicted octanol–water partition coefficient (Wildman–Crippen LogP) is 3.29. The van der Waals surface area contributed by atoms with Crippen LogP contribution in [0.15, 0.2) is 29.1 Å². The molecule has 1 amide bonds. The largest absolute Gasteiger partial charge is 0.393 e. The number of carbonyl (C=O) groups excluding carboxylic acids is 1. The first-order chi connectivity index (χ1) is 12.7. The molecule has 7 nitrogen and oxygen atoms in total. The van der Waals surface area contributed by atoms with Crippen LogP contribution in [0.4, 0.5) is 18.9 Å². The highest BCUT2D eigenvalue weighted by Crippen LogP contribution is 2.38. The number of nitro groups is 1. The van der Waals surface area contributed by atoms with Crippen LogP contribution in [0.25, 0.3) is 10.9 Å². The molecule has 1 fully saturated rings. The smallest absolute Gasteiger partial charge is 0.349 e. The van der Waals surface area contributed by atoms with Crippen LogP contribution in [0.5, 0.6) is 0 Å². The second-order valence-electron chi connectivity index (χ2n) is 6.55. The number of H-pyrrole nitrogens is 1. The van der Waals surface area contributed by atoms with E-state index in [0.717, 1.165) is 12.1 Å². The fourth-order valence-corrected chi connectivity index (χ4v) is 3.48. The number of hydrogen-bond acceptors (Lipinski definition) is 4. The predicted molar refractivity (Wildman–Crippen MR) is 90.5 cm³/mol. The average molecular weight is 383 g/mol. The third-order valence-corrected chi connectivity index (χ3v) is 4.78. The molecule has 144 valence electrons. The van der Waals surface area contributed by atoms with Gasteiger partial charge >= 0.3 is 6.18 Å². The molecule has 27 heavy (non-hydrogen) atoms. The minimum Gasteiger partial charge on any atom is -0.349 e. The third-order valence-electron chi connectivity index (χ3n) is 4.78. The van der Waals surface area contributed by atoms with Crippen molar-refractivity contribution < 1.29 is 22.9 Å². The zero-order valence-corrected chi connectivity index (χ0v) is 14.0. The Morgan fingerprint density at radius 3 is 2.59 bits per heavy atom. The van der Waals surface area contributed by atoms with Gasteiger partial charge in [-0.2, -0.15) is 13.2 Å². The SMILES string of the molecule is O=C(N[C@@H]1CCCC[C@@H]1C(F)(F)F)c1cc(=O)[nH]c2ccc([N+](=O)[O-])cc12. The van der Waals surface area contributed by atoms with Gasteiger partial charge in [-0.3, -0.25) is 19.7 Å². The number of nitro benzene ring substituents is 1. The standard InChI is InChI=1S/C17H16F3N3O4/c18-17(19,20)12-3-1-2-4-14(12)22-16(25)11-8-15(24)21-13-6-5-9(23(26)27)7-10(11)13/h5-8,12,14H,1-4H2,(H,21,24)(H,22,25)/t12-,14+/m0/s1. The number of halogens is 3. The summed E-state index contributed by atoms with van der Waals surface area (Å²) in [5.41, 5.74) is -0.926. The van der Waals surface area contributed by atoms with E-state index in [0.29, 0.717) is 12.8 Å². The molecule has 1 aliphatic rings. The fraction of sp³-hybridized carbons (Fsp3) is 0.412. The van der Waals surface area contributed by atoms with Gasteiger partial charge in [-0.15, -0.1) is 0 Å². The lowest BCUT2D eigenvalue weighted by molar-refractivity contribution is -0.384. The first-order valence-corrected chi connectivity index (χ1v) is 8.36. The van der Waals surface area contributed by atoms with E-state index in [1.807, 2.05) is 0 Å². The Balaban J connectivity index is 1.98. The highest BCUT2D eigenvalue weighted by molar-refractivity contribution is 6.06. The second-order valence-corrected chi connectivity index (χ2v) is 6.55. The number of non-ortho nitro benzene ring substituents is 1. The van der Waals surface area contributed by atoms with Crippen molar-refractivity contribution in [2.24, 2.45) is 5.92 Å². The summed E-state index contributed by atoms with van der Waals surface area (Å²) in [6.45, 7) is 0. The van der Waals surface area contributed by atoms with Crippen LogP contribution < -0.4 is 10.9 Å². The summed E-state index contributed by atoms with van der Waals surface area (Å²) >= 11 is 0. The Kier molecular flexibility index (Phi) is 4.90. The Hall–Kier alpha value is -2.91. The molecule has 1 saturated carbocycles. The quantitative estimate of drug-likeness (QED) is 0.627. The molecule has 0 bridgehead atoms. The number of fused-ring (bicyclic) bond motifs is 1. The van der Waals surface area contributed by atoms with Crippen LogP contribution >= 0.6 is 0 Å². The molecular weight excluding hydrogens is 367 g/mol. The lowest BCUT2D eigenvalue weighted by atomic mass is 9.84. The van der Waals surface area contributed by atoms with E-state index in [1.165, 1.54) is 12.1 Å². The Morgan fingerprint density at radius 1 is 1.22 bits per heavy atom. The summed E-state index contributed by atoms with van der Waals surface area (Å²) in [5.74, 6) is -2.51. The Labute approximate surface area is 150 Å². The molecule has 0 aliphatic heterocycles. The van der Waals surface area contributed by atoms with Crippen LogP contribution in [-0.2, 0) is 0 Å². The number of rotatable bonds is 3. The van der Waals surface area contributed by atoms with Crippen molar-refractivity contribution in [2.45, 2.75) is 37.9 Å². The molecular formula is C17H16F3N3O4. The van der Waals surface area contributed by atoms with Gasteiger partial charge in [0.25, 0.3) is 11.6 Å². The van der Waals surface area contributed by atoms with E-state index in [9.17, 15) is 32.9 Å². The van der Waals surface area contributed by atoms with Gasteiger partial charge in [0.1, 0.15) is 0 Å². The number of nitrogens with one attached hydrogen (secondary N) is 2. The van der Waals surface area contributed by atoms with Gasteiger partial charge in [0.05, 0.1) is 16.4 Å². The van der Waals surface area contributed by atoms with Gasteiger partial charge in [-0.05, 0) is 18.9 Å². The first-order valence-electron chi connectivity index (χ1n) is 8.36. The van der Waals surface area contributed by atoms with Crippen molar-refractivity contribution in [1.82, 2.24) is 10.3 Å². The molecule has 0 radical (unpaired) electrons. The maximum Gasteiger partial charge on any atom is 0.393 e. The highest BCUT2D eigenvalue weighted by Gasteiger charge is 2.46. The van der Waals surface area contributed by atoms with Crippen molar-refractivity contribution in [3.05, 3.63) is 50.3 Å². The molecule has 2 aromatic rings. The van der Waals surface area contributed by atoms with Crippen molar-refractivity contribution >= 4 is 22.5 Å². The minimum absolute atomic E-state index is 0.0734. The van der Waals surface area contributed by atoms with Gasteiger partial charge < -0.3 is 10.3 Å². The van der Waals surface area contributed by atoms with E-state index in [2.05, 4.69) is 10.3 Å². The topological polar surface area (TPSA) is 105 Å². The summed E-state index contributed by atoms with van der Waals surface area (Å²) in [4.78, 5) is 37.2. The molecule has 1 aliphatic carbocycles. The molecule has 2 atom stereocenters. The van der Waals surface area contributed by atoms with Crippen LogP contribution in [0, 0.1) is 16.0 Å². The van der Waals surface area contributed by atoms with Crippen LogP contribution in [0.2, 0.25) is 0 Å². The molecule has 3 rings (SSSR count). The molecule has 1 aromatic heterocycles. The van der Waals surface area contributed by atoms with E-state index in [4.69, 9.17) is 0 Å². The van der Waals surface area contributed by atoms with Crippen molar-refractivity contribution in [2.75, 3.05) is 0 Å². The third kappa shape index (κ3) is 3.93. The molecule has 10 heteroatoms. The van der Waals surface area contributed by atoms with Crippen LogP contribution in [0.1, 0.15) is 36.0 Å². The number of pyridine rings is 1. The highest BCUT2D eigenvalue weighted by atomic mass is 19.4. The summed E-state index contributed by atoms with van der Waals surface area (Å²) < 4.78 is 39.7. The van der Waals surface area contributed by atoms with Gasteiger partial charge in [0.15, 0.2) is 0 Å². The van der Waals surface area contributed by atoms with Gasteiger partial charge in [0.2, 0.25) is 5.56 Å². The van der Waals surface area contributed by atoms with Crippen molar-refractivity contribution in [3.8, 4) is 0 Å². The number of hydrogen-bond donors (Lipinski definition) is 2. The van der Waals surface area contributed by atoms with Gasteiger partial charge in [-0.25, -0.2) is 0 Å². The number of benzene rings is 1. The molecule has 2 N–H and O–H groups in total. The summed E-state index contributed by atoms with van der Waals surface area (Å²) in [5, 5.41) is 13.4. The number of carbonyl (C=O) groups is 1. The van der Waals surface area contributed by atoms with Crippen LogP contribution in [0.3, 0.4) is 0 Å². The van der Waals surface area contributed by atoms with Crippen LogP contribution in [-0.4, -0.2) is 28.0 Å². The zero-order valence-electron chi connectivity index (χ0n) is 14.0. The van der Waals surface area contributed by atoms with Crippen molar-refractivity contribution in [1.29, 1.82) is 0 Å². The fourth-order valence-electron chi connectivity index (χ4n) is 3.48. The molecule has 0 saturated heterocycles. The minimum atomic E-state index is -4.44. The maximum atomic E-state index is 13.2. The normalized spacial score (nSPS) is 20.4. The Bertz CT molecular complexity index is 955. The maximum absolute atomic E-state index is 13.2.